The number of hydrogen-bond donors (Lipinski definition) is 2. The summed E-state index contributed by atoms with van der Waals surface area (Å²) in [5.74, 6) is 0.761. The van der Waals surface area contributed by atoms with Crippen molar-refractivity contribution in [1.82, 2.24) is 10.6 Å². The van der Waals surface area contributed by atoms with Crippen molar-refractivity contribution in [2.45, 2.75) is 36.8 Å². The van der Waals surface area contributed by atoms with E-state index in [4.69, 9.17) is 0 Å². The smallest absolute Gasteiger partial charge is 0.251 e. The molecule has 0 bridgehead atoms. The van der Waals surface area contributed by atoms with E-state index in [1.807, 2.05) is 36.0 Å². The minimum Gasteiger partial charge on any atom is -0.352 e. The van der Waals surface area contributed by atoms with E-state index in [9.17, 15) is 4.79 Å². The Morgan fingerprint density at radius 3 is 2.75 bits per heavy atom. The highest BCUT2D eigenvalue weighted by molar-refractivity contribution is 7.99. The Hall–Kier alpha value is -1.00. The molecule has 20 heavy (non-hydrogen) atoms. The Kier molecular flexibility index (Phi) is 5.92. The molecule has 1 atom stereocenters. The predicted molar refractivity (Wildman–Crippen MR) is 85.4 cm³/mol. The zero-order valence-electron chi connectivity index (χ0n) is 12.3. The summed E-state index contributed by atoms with van der Waals surface area (Å²) in [4.78, 5) is 13.2. The second-order valence-electron chi connectivity index (χ2n) is 5.59. The van der Waals surface area contributed by atoms with Gasteiger partial charge in [0.2, 0.25) is 0 Å². The molecule has 0 aliphatic carbocycles. The van der Waals surface area contributed by atoms with Crippen molar-refractivity contribution in [3.8, 4) is 0 Å². The molecular formula is C16H24N2OS. The third-order valence-electron chi connectivity index (χ3n) is 3.49. The second-order valence-corrected chi connectivity index (χ2v) is 7.24. The first-order valence-corrected chi connectivity index (χ1v) is 8.29. The number of carbonyl (C=O) groups is 1. The Labute approximate surface area is 125 Å². The highest BCUT2D eigenvalue weighted by Crippen LogP contribution is 2.22. The van der Waals surface area contributed by atoms with Gasteiger partial charge in [-0.2, -0.15) is 0 Å². The summed E-state index contributed by atoms with van der Waals surface area (Å²) in [5.41, 5.74) is 0.752. The number of hydrogen-bond acceptors (Lipinski definition) is 3. The van der Waals surface area contributed by atoms with Crippen LogP contribution in [0.5, 0.6) is 0 Å². The summed E-state index contributed by atoms with van der Waals surface area (Å²) < 4.78 is 0. The maximum atomic E-state index is 12.0. The van der Waals surface area contributed by atoms with Crippen LogP contribution in [0.25, 0.3) is 0 Å². The van der Waals surface area contributed by atoms with Crippen LogP contribution in [-0.2, 0) is 0 Å². The van der Waals surface area contributed by atoms with Crippen LogP contribution in [0.1, 0.15) is 37.0 Å². The highest BCUT2D eigenvalue weighted by atomic mass is 32.2. The number of rotatable bonds is 6. The molecule has 2 rings (SSSR count). The van der Waals surface area contributed by atoms with Gasteiger partial charge >= 0.3 is 0 Å². The van der Waals surface area contributed by atoms with Gasteiger partial charge in [-0.1, -0.05) is 13.8 Å². The largest absolute Gasteiger partial charge is 0.352 e. The molecule has 2 N–H and O–H groups in total. The molecule has 3 nitrogen and oxygen atoms in total. The predicted octanol–water partition coefficient (Wildman–Crippen LogP) is 2.92. The number of benzene rings is 1. The summed E-state index contributed by atoms with van der Waals surface area (Å²) in [6, 6.07) is 7.88. The molecular weight excluding hydrogens is 268 g/mol. The molecule has 0 saturated carbocycles. The average molecular weight is 292 g/mol. The Balaban J connectivity index is 1.76. The minimum absolute atomic E-state index is 0.0389. The SMILES string of the molecule is CC(C)Sc1ccc(C(=O)NCCC2CCNC2)cc1. The Morgan fingerprint density at radius 1 is 1.40 bits per heavy atom. The number of amides is 1. The first-order chi connectivity index (χ1) is 9.65. The van der Waals surface area contributed by atoms with Crippen LogP contribution in [0.2, 0.25) is 0 Å². The van der Waals surface area contributed by atoms with Crippen LogP contribution in [0.4, 0.5) is 0 Å². The molecule has 0 spiro atoms. The lowest BCUT2D eigenvalue weighted by Crippen LogP contribution is -2.26. The van der Waals surface area contributed by atoms with E-state index in [1.54, 1.807) is 0 Å². The average Bonchev–Trinajstić information content (AvgIpc) is 2.92. The Bertz CT molecular complexity index is 425. The van der Waals surface area contributed by atoms with Gasteiger partial charge in [-0.05, 0) is 56.1 Å². The van der Waals surface area contributed by atoms with Crippen LogP contribution in [-0.4, -0.2) is 30.8 Å². The molecule has 4 heteroatoms. The van der Waals surface area contributed by atoms with Crippen LogP contribution in [0.3, 0.4) is 0 Å². The van der Waals surface area contributed by atoms with E-state index >= 15 is 0 Å². The van der Waals surface area contributed by atoms with Crippen LogP contribution < -0.4 is 10.6 Å². The summed E-state index contributed by atoms with van der Waals surface area (Å²) in [6.07, 6.45) is 2.30. The third kappa shape index (κ3) is 4.84. The second kappa shape index (κ2) is 7.70. The number of carbonyl (C=O) groups excluding carboxylic acids is 1. The molecule has 1 heterocycles. The summed E-state index contributed by atoms with van der Waals surface area (Å²) in [6.45, 7) is 7.32. The fraction of sp³-hybridized carbons (Fsp3) is 0.562. The summed E-state index contributed by atoms with van der Waals surface area (Å²) in [5, 5.41) is 6.93. The molecule has 0 aromatic heterocycles. The van der Waals surface area contributed by atoms with Crippen molar-refractivity contribution in [3.63, 3.8) is 0 Å². The first kappa shape index (κ1) is 15.4. The third-order valence-corrected chi connectivity index (χ3v) is 4.50. The van der Waals surface area contributed by atoms with Crippen molar-refractivity contribution in [1.29, 1.82) is 0 Å². The Morgan fingerprint density at radius 2 is 2.15 bits per heavy atom. The molecule has 1 unspecified atom stereocenters. The van der Waals surface area contributed by atoms with E-state index in [0.717, 1.165) is 37.5 Å². The molecule has 1 aliphatic rings. The minimum atomic E-state index is 0.0389. The van der Waals surface area contributed by atoms with Gasteiger partial charge in [0.05, 0.1) is 0 Å². The lowest BCUT2D eigenvalue weighted by atomic mass is 10.1. The maximum Gasteiger partial charge on any atom is 0.251 e. The molecule has 1 amide bonds. The first-order valence-electron chi connectivity index (χ1n) is 7.41. The summed E-state index contributed by atoms with van der Waals surface area (Å²) >= 11 is 1.81. The topological polar surface area (TPSA) is 41.1 Å². The normalized spacial score (nSPS) is 18.4. The maximum absolute atomic E-state index is 12.0. The molecule has 1 fully saturated rings. The highest BCUT2D eigenvalue weighted by Gasteiger charge is 2.14. The van der Waals surface area contributed by atoms with Gasteiger partial charge in [0, 0.05) is 22.3 Å². The van der Waals surface area contributed by atoms with Crippen molar-refractivity contribution in [2.75, 3.05) is 19.6 Å². The van der Waals surface area contributed by atoms with Crippen molar-refractivity contribution in [2.24, 2.45) is 5.92 Å². The van der Waals surface area contributed by atoms with E-state index < -0.39 is 0 Å². The molecule has 110 valence electrons. The molecule has 1 saturated heterocycles. The van der Waals surface area contributed by atoms with Crippen LogP contribution in [0, 0.1) is 5.92 Å². The standard InChI is InChI=1S/C16H24N2OS/c1-12(2)20-15-5-3-14(4-6-15)16(19)18-10-8-13-7-9-17-11-13/h3-6,12-13,17H,7-11H2,1-2H3,(H,18,19). The van der Waals surface area contributed by atoms with Crippen LogP contribution >= 0.6 is 11.8 Å². The van der Waals surface area contributed by atoms with Crippen molar-refractivity contribution < 1.29 is 4.79 Å². The van der Waals surface area contributed by atoms with Gasteiger partial charge in [0.1, 0.15) is 0 Å². The molecule has 1 aromatic carbocycles. The molecule has 1 aromatic rings. The van der Waals surface area contributed by atoms with Gasteiger partial charge in [-0.25, -0.2) is 0 Å². The van der Waals surface area contributed by atoms with E-state index in [0.29, 0.717) is 5.25 Å². The quantitative estimate of drug-likeness (QED) is 0.792. The fourth-order valence-corrected chi connectivity index (χ4v) is 3.25. The zero-order valence-corrected chi connectivity index (χ0v) is 13.1. The monoisotopic (exact) mass is 292 g/mol. The van der Waals surface area contributed by atoms with E-state index in [-0.39, 0.29) is 5.91 Å². The van der Waals surface area contributed by atoms with E-state index in [1.165, 1.54) is 11.3 Å². The van der Waals surface area contributed by atoms with Gasteiger partial charge in [0.15, 0.2) is 0 Å². The van der Waals surface area contributed by atoms with Crippen LogP contribution in [0.15, 0.2) is 29.2 Å². The lowest BCUT2D eigenvalue weighted by molar-refractivity contribution is 0.0951. The fourth-order valence-electron chi connectivity index (χ4n) is 2.41. The van der Waals surface area contributed by atoms with Gasteiger partial charge in [-0.15, -0.1) is 11.8 Å². The summed E-state index contributed by atoms with van der Waals surface area (Å²) in [7, 11) is 0. The molecule has 1 aliphatic heterocycles. The van der Waals surface area contributed by atoms with E-state index in [2.05, 4.69) is 24.5 Å². The van der Waals surface area contributed by atoms with Gasteiger partial charge < -0.3 is 10.6 Å². The van der Waals surface area contributed by atoms with Crippen molar-refractivity contribution in [3.05, 3.63) is 29.8 Å². The molecule has 0 radical (unpaired) electrons. The lowest BCUT2D eigenvalue weighted by Gasteiger charge is -2.10. The number of thioether (sulfide) groups is 1. The zero-order chi connectivity index (χ0) is 14.4. The van der Waals surface area contributed by atoms with Crippen molar-refractivity contribution >= 4 is 17.7 Å². The van der Waals surface area contributed by atoms with Gasteiger partial charge in [0.25, 0.3) is 5.91 Å². The number of nitrogens with one attached hydrogen (secondary N) is 2. The van der Waals surface area contributed by atoms with Gasteiger partial charge in [-0.3, -0.25) is 4.79 Å².